The highest BCUT2D eigenvalue weighted by Gasteiger charge is 2.28. The minimum atomic E-state index is -0.318. The van der Waals surface area contributed by atoms with Crippen molar-refractivity contribution in [1.82, 2.24) is 0 Å². The number of hydrogen-bond acceptors (Lipinski definition) is 5. The molecule has 8 heteroatoms. The molecule has 1 aliphatic carbocycles. The van der Waals surface area contributed by atoms with Crippen LogP contribution in [0, 0.1) is 5.92 Å². The lowest BCUT2D eigenvalue weighted by Gasteiger charge is -2.18. The van der Waals surface area contributed by atoms with E-state index in [1.54, 1.807) is 23.1 Å². The zero-order chi connectivity index (χ0) is 22.7. The summed E-state index contributed by atoms with van der Waals surface area (Å²) in [6.07, 6.45) is 2.94. The third kappa shape index (κ3) is 5.29. The molecule has 166 valence electrons. The molecule has 1 heterocycles. The standard InChI is InChI=1S/C24H23ClN2O2S3/c1-14-7-12-17-20(13-14)32-22(21(17)23(28)29-2)27-24(30)26-18-5-3-4-6-19(18)31-16-10-8-15(25)9-11-16/h3-6,8-11,14H,7,12-13H2,1-2H3,(H2,26,27,30). The van der Waals surface area contributed by atoms with Crippen LogP contribution in [0.3, 0.4) is 0 Å². The summed E-state index contributed by atoms with van der Waals surface area (Å²) < 4.78 is 5.07. The van der Waals surface area contributed by atoms with Crippen molar-refractivity contribution in [3.05, 3.63) is 69.6 Å². The molecule has 0 radical (unpaired) electrons. The van der Waals surface area contributed by atoms with Gasteiger partial charge in [0.1, 0.15) is 5.00 Å². The minimum Gasteiger partial charge on any atom is -0.465 e. The van der Waals surface area contributed by atoms with E-state index in [9.17, 15) is 4.79 Å². The number of methoxy groups -OCH3 is 1. The number of benzene rings is 2. The van der Waals surface area contributed by atoms with Crippen molar-refractivity contribution < 1.29 is 9.53 Å². The Kier molecular flexibility index (Phi) is 7.40. The number of thiophene rings is 1. The first-order valence-electron chi connectivity index (χ1n) is 10.3. The van der Waals surface area contributed by atoms with Gasteiger partial charge in [0.25, 0.3) is 0 Å². The highest BCUT2D eigenvalue weighted by atomic mass is 35.5. The Labute approximate surface area is 206 Å². The van der Waals surface area contributed by atoms with Crippen LogP contribution < -0.4 is 10.6 Å². The minimum absolute atomic E-state index is 0.318. The fourth-order valence-corrected chi connectivity index (χ4v) is 6.41. The SMILES string of the molecule is COC(=O)c1c(NC(=S)Nc2ccccc2Sc2ccc(Cl)cc2)sc2c1CCC(C)C2. The van der Waals surface area contributed by atoms with E-state index < -0.39 is 0 Å². The predicted octanol–water partition coefficient (Wildman–Crippen LogP) is 7.27. The van der Waals surface area contributed by atoms with E-state index in [-0.39, 0.29) is 5.97 Å². The van der Waals surface area contributed by atoms with E-state index in [2.05, 4.69) is 17.6 Å². The molecule has 2 N–H and O–H groups in total. The van der Waals surface area contributed by atoms with Crippen molar-refractivity contribution in [3.8, 4) is 0 Å². The first kappa shape index (κ1) is 23.1. The van der Waals surface area contributed by atoms with Crippen LogP contribution in [-0.2, 0) is 17.6 Å². The number of thiocarbonyl (C=S) groups is 1. The summed E-state index contributed by atoms with van der Waals surface area (Å²) in [5, 5.41) is 8.44. The van der Waals surface area contributed by atoms with Gasteiger partial charge in [0, 0.05) is 19.7 Å². The van der Waals surface area contributed by atoms with E-state index in [0.717, 1.165) is 45.3 Å². The first-order valence-corrected chi connectivity index (χ1v) is 12.7. The van der Waals surface area contributed by atoms with Crippen LogP contribution in [0.5, 0.6) is 0 Å². The van der Waals surface area contributed by atoms with Gasteiger partial charge < -0.3 is 15.4 Å². The van der Waals surface area contributed by atoms with Crippen LogP contribution in [-0.4, -0.2) is 18.2 Å². The van der Waals surface area contributed by atoms with Crippen LogP contribution in [0.1, 0.15) is 34.1 Å². The predicted molar refractivity (Wildman–Crippen MR) is 139 cm³/mol. The molecule has 0 saturated carbocycles. The second kappa shape index (κ2) is 10.3. The second-order valence-electron chi connectivity index (χ2n) is 7.68. The largest absolute Gasteiger partial charge is 0.465 e. The molecule has 0 amide bonds. The fraction of sp³-hybridized carbons (Fsp3) is 0.250. The second-order valence-corrected chi connectivity index (χ2v) is 10.7. The Hall–Kier alpha value is -2.06. The van der Waals surface area contributed by atoms with Crippen molar-refractivity contribution in [3.63, 3.8) is 0 Å². The number of hydrogen-bond donors (Lipinski definition) is 2. The van der Waals surface area contributed by atoms with Gasteiger partial charge in [-0.25, -0.2) is 4.79 Å². The summed E-state index contributed by atoms with van der Waals surface area (Å²) in [5.74, 6) is 0.294. The van der Waals surface area contributed by atoms with Gasteiger partial charge >= 0.3 is 5.97 Å². The Balaban J connectivity index is 1.54. The molecule has 0 aliphatic heterocycles. The van der Waals surface area contributed by atoms with Gasteiger partial charge in [-0.15, -0.1) is 11.3 Å². The number of anilines is 2. The maximum atomic E-state index is 12.5. The number of rotatable bonds is 5. The Morgan fingerprint density at radius 3 is 2.69 bits per heavy atom. The van der Waals surface area contributed by atoms with Crippen LogP contribution in [0.15, 0.2) is 58.3 Å². The molecule has 4 nitrogen and oxygen atoms in total. The molecular weight excluding hydrogens is 480 g/mol. The zero-order valence-corrected chi connectivity index (χ0v) is 20.9. The normalized spacial score (nSPS) is 15.0. The van der Waals surface area contributed by atoms with Crippen LogP contribution >= 0.6 is 46.9 Å². The molecule has 0 saturated heterocycles. The molecule has 1 unspecified atom stereocenters. The highest BCUT2D eigenvalue weighted by Crippen LogP contribution is 2.40. The van der Waals surface area contributed by atoms with Gasteiger partial charge in [-0.1, -0.05) is 42.4 Å². The Morgan fingerprint density at radius 1 is 1.19 bits per heavy atom. The van der Waals surface area contributed by atoms with E-state index >= 15 is 0 Å². The maximum Gasteiger partial charge on any atom is 0.341 e. The molecule has 1 atom stereocenters. The lowest BCUT2D eigenvalue weighted by atomic mass is 9.88. The van der Waals surface area contributed by atoms with Crippen LogP contribution in [0.4, 0.5) is 10.7 Å². The average Bonchev–Trinajstić information content (AvgIpc) is 3.12. The third-order valence-electron chi connectivity index (χ3n) is 5.30. The number of nitrogens with one attached hydrogen (secondary N) is 2. The van der Waals surface area contributed by atoms with Gasteiger partial charge in [-0.3, -0.25) is 0 Å². The van der Waals surface area contributed by atoms with Gasteiger partial charge in [0.05, 0.1) is 18.4 Å². The van der Waals surface area contributed by atoms with Gasteiger partial charge in [-0.2, -0.15) is 0 Å². The maximum absolute atomic E-state index is 12.5. The van der Waals surface area contributed by atoms with Crippen LogP contribution in [0.2, 0.25) is 5.02 Å². The van der Waals surface area contributed by atoms with Crippen molar-refractivity contribution in [1.29, 1.82) is 0 Å². The molecule has 0 bridgehead atoms. The number of carbonyl (C=O) groups excluding carboxylic acids is 1. The zero-order valence-electron chi connectivity index (χ0n) is 17.7. The van der Waals surface area contributed by atoms with Crippen LogP contribution in [0.25, 0.3) is 0 Å². The van der Waals surface area contributed by atoms with Crippen molar-refractivity contribution in [2.75, 3.05) is 17.7 Å². The number of halogens is 1. The summed E-state index contributed by atoms with van der Waals surface area (Å²) in [4.78, 5) is 15.9. The molecule has 0 spiro atoms. The van der Waals surface area contributed by atoms with Gasteiger partial charge in [0.15, 0.2) is 5.11 Å². The summed E-state index contributed by atoms with van der Waals surface area (Å²) in [7, 11) is 1.42. The average molecular weight is 503 g/mol. The van der Waals surface area contributed by atoms with E-state index in [1.165, 1.54) is 12.0 Å². The Bertz CT molecular complexity index is 1140. The van der Waals surface area contributed by atoms with E-state index in [1.807, 2.05) is 48.5 Å². The molecule has 0 fully saturated rings. The van der Waals surface area contributed by atoms with Gasteiger partial charge in [0.2, 0.25) is 0 Å². The molecule has 1 aliphatic rings. The molecule has 32 heavy (non-hydrogen) atoms. The lowest BCUT2D eigenvalue weighted by Crippen LogP contribution is -2.20. The Morgan fingerprint density at radius 2 is 1.94 bits per heavy atom. The van der Waals surface area contributed by atoms with Crippen molar-refractivity contribution in [2.45, 2.75) is 36.0 Å². The topological polar surface area (TPSA) is 50.4 Å². The number of para-hydroxylation sites is 1. The summed E-state index contributed by atoms with van der Waals surface area (Å²) in [6.45, 7) is 2.25. The number of carbonyl (C=O) groups is 1. The number of fused-ring (bicyclic) bond motifs is 1. The van der Waals surface area contributed by atoms with E-state index in [4.69, 9.17) is 28.6 Å². The highest BCUT2D eigenvalue weighted by molar-refractivity contribution is 7.99. The summed E-state index contributed by atoms with van der Waals surface area (Å²) >= 11 is 14.8. The third-order valence-corrected chi connectivity index (χ3v) is 8.01. The summed E-state index contributed by atoms with van der Waals surface area (Å²) in [6, 6.07) is 15.7. The molecular formula is C24H23ClN2O2S3. The number of esters is 1. The molecule has 1 aromatic heterocycles. The van der Waals surface area contributed by atoms with E-state index in [0.29, 0.717) is 21.6 Å². The molecule has 2 aromatic carbocycles. The molecule has 3 aromatic rings. The van der Waals surface area contributed by atoms with Crippen molar-refractivity contribution >= 4 is 68.7 Å². The smallest absolute Gasteiger partial charge is 0.341 e. The lowest BCUT2D eigenvalue weighted by molar-refractivity contribution is 0.0601. The first-order chi connectivity index (χ1) is 15.4. The van der Waals surface area contributed by atoms with Crippen molar-refractivity contribution in [2.24, 2.45) is 5.92 Å². The summed E-state index contributed by atoms with van der Waals surface area (Å²) in [5.41, 5.74) is 2.61. The van der Waals surface area contributed by atoms with Gasteiger partial charge in [-0.05, 0) is 79.4 Å². The quantitative estimate of drug-likeness (QED) is 0.282. The monoisotopic (exact) mass is 502 g/mol. The molecule has 4 rings (SSSR count). The number of ether oxygens (including phenoxy) is 1. The fourth-order valence-electron chi connectivity index (χ4n) is 3.70.